The average Bonchev–Trinajstić information content (AvgIpc) is 2.66. The quantitative estimate of drug-likeness (QED) is 0.388. The van der Waals surface area contributed by atoms with Crippen molar-refractivity contribution in [2.24, 2.45) is 0 Å². The van der Waals surface area contributed by atoms with Gasteiger partial charge in [0.05, 0.1) is 13.2 Å². The summed E-state index contributed by atoms with van der Waals surface area (Å²) in [5.74, 6) is -0.320. The predicted octanol–water partition coefficient (Wildman–Crippen LogP) is 1.70. The Balaban J connectivity index is 2.82. The molecule has 0 spiro atoms. The highest BCUT2D eigenvalue weighted by Gasteiger charge is 2.22. The lowest BCUT2D eigenvalue weighted by Gasteiger charge is -2.23. The van der Waals surface area contributed by atoms with Gasteiger partial charge in [-0.1, -0.05) is 12.1 Å². The van der Waals surface area contributed by atoms with Gasteiger partial charge in [0.1, 0.15) is 6.04 Å². The summed E-state index contributed by atoms with van der Waals surface area (Å²) in [6.07, 6.45) is 0.274. The van der Waals surface area contributed by atoms with Crippen LogP contribution >= 0.6 is 23.2 Å². The van der Waals surface area contributed by atoms with Gasteiger partial charge in [-0.2, -0.15) is 0 Å². The van der Waals surface area contributed by atoms with Crippen molar-refractivity contribution in [2.45, 2.75) is 26.3 Å². The standard InChI is InChI=1S/C19H27Cl2N3O4/c1-3-28-19(27)17(23-18(26)13-22-14(2)25)12-15-4-6-16(7-5-15)24(10-8-20)11-9-21/h4-7,17H,3,8-13H2,1-2H3,(H,22,25)(H,23,26). The highest BCUT2D eigenvalue weighted by molar-refractivity contribution is 6.18. The maximum absolute atomic E-state index is 12.2. The minimum Gasteiger partial charge on any atom is -0.464 e. The minimum absolute atomic E-state index is 0.198. The highest BCUT2D eigenvalue weighted by atomic mass is 35.5. The summed E-state index contributed by atoms with van der Waals surface area (Å²) >= 11 is 11.7. The molecule has 156 valence electrons. The molecule has 9 heteroatoms. The van der Waals surface area contributed by atoms with Gasteiger partial charge in [0, 0.05) is 43.9 Å². The normalized spacial score (nSPS) is 11.4. The molecule has 0 bridgehead atoms. The van der Waals surface area contributed by atoms with Gasteiger partial charge in [0.15, 0.2) is 0 Å². The van der Waals surface area contributed by atoms with Crippen LogP contribution in [0.2, 0.25) is 0 Å². The van der Waals surface area contributed by atoms with Crippen molar-refractivity contribution in [3.8, 4) is 0 Å². The van der Waals surface area contributed by atoms with Crippen LogP contribution in [0.25, 0.3) is 0 Å². The van der Waals surface area contributed by atoms with Gasteiger partial charge in [-0.3, -0.25) is 9.59 Å². The van der Waals surface area contributed by atoms with E-state index in [-0.39, 0.29) is 25.5 Å². The second-order valence-electron chi connectivity index (χ2n) is 6.02. The Morgan fingerprint density at radius 3 is 2.21 bits per heavy atom. The molecule has 0 saturated heterocycles. The highest BCUT2D eigenvalue weighted by Crippen LogP contribution is 2.17. The number of nitrogens with zero attached hydrogens (tertiary/aromatic N) is 1. The van der Waals surface area contributed by atoms with Crippen LogP contribution < -0.4 is 15.5 Å². The van der Waals surface area contributed by atoms with E-state index in [0.717, 1.165) is 11.3 Å². The van der Waals surface area contributed by atoms with E-state index in [1.165, 1.54) is 6.92 Å². The van der Waals surface area contributed by atoms with E-state index in [2.05, 4.69) is 15.5 Å². The molecule has 0 aliphatic heterocycles. The van der Waals surface area contributed by atoms with Crippen molar-refractivity contribution < 1.29 is 19.1 Å². The molecule has 7 nitrogen and oxygen atoms in total. The fourth-order valence-electron chi connectivity index (χ4n) is 2.54. The van der Waals surface area contributed by atoms with E-state index in [9.17, 15) is 14.4 Å². The predicted molar refractivity (Wildman–Crippen MR) is 111 cm³/mol. The van der Waals surface area contributed by atoms with Crippen LogP contribution in [0.3, 0.4) is 0 Å². The number of carbonyl (C=O) groups excluding carboxylic acids is 3. The smallest absolute Gasteiger partial charge is 0.328 e. The molecule has 1 rings (SSSR count). The van der Waals surface area contributed by atoms with Crippen LogP contribution in [-0.4, -0.2) is 61.8 Å². The SMILES string of the molecule is CCOC(=O)C(Cc1ccc(N(CCCl)CCCl)cc1)NC(=O)CNC(C)=O. The Morgan fingerprint density at radius 1 is 1.11 bits per heavy atom. The number of halogens is 2. The first-order chi connectivity index (χ1) is 13.4. The van der Waals surface area contributed by atoms with E-state index >= 15 is 0 Å². The van der Waals surface area contributed by atoms with Crippen LogP contribution in [0, 0.1) is 0 Å². The Morgan fingerprint density at radius 2 is 1.71 bits per heavy atom. The first kappa shape index (κ1) is 24.0. The third kappa shape index (κ3) is 8.80. The molecular weight excluding hydrogens is 405 g/mol. The first-order valence-corrected chi connectivity index (χ1v) is 10.1. The Kier molecular flexibility index (Phi) is 11.4. The molecule has 0 aliphatic rings. The van der Waals surface area contributed by atoms with Gasteiger partial charge in [-0.15, -0.1) is 23.2 Å². The Labute approximate surface area is 175 Å². The van der Waals surface area contributed by atoms with Crippen molar-refractivity contribution in [3.63, 3.8) is 0 Å². The van der Waals surface area contributed by atoms with Crippen molar-refractivity contribution in [2.75, 3.05) is 42.9 Å². The number of nitrogens with one attached hydrogen (secondary N) is 2. The van der Waals surface area contributed by atoms with Crippen LogP contribution in [0.1, 0.15) is 19.4 Å². The number of esters is 1. The number of hydrogen-bond acceptors (Lipinski definition) is 5. The van der Waals surface area contributed by atoms with Gasteiger partial charge in [-0.05, 0) is 24.6 Å². The van der Waals surface area contributed by atoms with Crippen molar-refractivity contribution in [3.05, 3.63) is 29.8 Å². The largest absolute Gasteiger partial charge is 0.464 e. The molecule has 0 radical (unpaired) electrons. The molecule has 1 aromatic rings. The third-order valence-corrected chi connectivity index (χ3v) is 4.19. The fraction of sp³-hybridized carbons (Fsp3) is 0.526. The number of alkyl halides is 2. The van der Waals surface area contributed by atoms with Gasteiger partial charge < -0.3 is 20.3 Å². The van der Waals surface area contributed by atoms with Gasteiger partial charge in [0.25, 0.3) is 0 Å². The van der Waals surface area contributed by atoms with Crippen molar-refractivity contribution >= 4 is 46.7 Å². The summed E-state index contributed by atoms with van der Waals surface area (Å²) in [4.78, 5) is 37.2. The molecular formula is C19H27Cl2N3O4. The van der Waals surface area contributed by atoms with E-state index in [1.54, 1.807) is 6.92 Å². The molecule has 0 aromatic heterocycles. The lowest BCUT2D eigenvalue weighted by atomic mass is 10.0. The number of benzene rings is 1. The van der Waals surface area contributed by atoms with E-state index in [1.807, 2.05) is 24.3 Å². The Bertz CT molecular complexity index is 635. The van der Waals surface area contributed by atoms with Crippen LogP contribution in [0.15, 0.2) is 24.3 Å². The van der Waals surface area contributed by atoms with Crippen LogP contribution in [0.5, 0.6) is 0 Å². The van der Waals surface area contributed by atoms with Crippen molar-refractivity contribution in [1.29, 1.82) is 0 Å². The topological polar surface area (TPSA) is 87.7 Å². The average molecular weight is 432 g/mol. The molecule has 2 N–H and O–H groups in total. The first-order valence-electron chi connectivity index (χ1n) is 9.07. The molecule has 28 heavy (non-hydrogen) atoms. The fourth-order valence-corrected chi connectivity index (χ4v) is 2.95. The molecule has 1 unspecified atom stereocenters. The third-order valence-electron chi connectivity index (χ3n) is 3.85. The number of anilines is 1. The van der Waals surface area contributed by atoms with Gasteiger partial charge in [-0.25, -0.2) is 4.79 Å². The van der Waals surface area contributed by atoms with Gasteiger partial charge in [0.2, 0.25) is 11.8 Å². The molecule has 0 fully saturated rings. The van der Waals surface area contributed by atoms with Crippen LogP contribution in [-0.2, 0) is 25.5 Å². The molecule has 0 heterocycles. The maximum Gasteiger partial charge on any atom is 0.328 e. The minimum atomic E-state index is -0.839. The van der Waals surface area contributed by atoms with E-state index in [0.29, 0.717) is 24.8 Å². The van der Waals surface area contributed by atoms with E-state index < -0.39 is 17.9 Å². The number of amides is 2. The molecule has 0 saturated carbocycles. The summed E-state index contributed by atoms with van der Waals surface area (Å²) < 4.78 is 5.05. The van der Waals surface area contributed by atoms with E-state index in [4.69, 9.17) is 27.9 Å². The number of rotatable bonds is 12. The monoisotopic (exact) mass is 431 g/mol. The van der Waals surface area contributed by atoms with Gasteiger partial charge >= 0.3 is 5.97 Å². The zero-order valence-corrected chi connectivity index (χ0v) is 17.7. The molecule has 2 amide bonds. The lowest BCUT2D eigenvalue weighted by Crippen LogP contribution is -2.47. The second kappa shape index (κ2) is 13.2. The maximum atomic E-state index is 12.2. The molecule has 1 aromatic carbocycles. The molecule has 0 aliphatic carbocycles. The summed E-state index contributed by atoms with van der Waals surface area (Å²) in [5, 5.41) is 5.01. The van der Waals surface area contributed by atoms with Crippen LogP contribution in [0.4, 0.5) is 5.69 Å². The number of ether oxygens (including phenoxy) is 1. The second-order valence-corrected chi connectivity index (χ2v) is 6.77. The zero-order valence-electron chi connectivity index (χ0n) is 16.2. The number of hydrogen-bond donors (Lipinski definition) is 2. The summed E-state index contributed by atoms with van der Waals surface area (Å²) in [5.41, 5.74) is 1.84. The summed E-state index contributed by atoms with van der Waals surface area (Å²) in [7, 11) is 0. The Hall–Kier alpha value is -1.99. The zero-order chi connectivity index (χ0) is 20.9. The summed E-state index contributed by atoms with van der Waals surface area (Å²) in [6.45, 7) is 4.38. The lowest BCUT2D eigenvalue weighted by molar-refractivity contribution is -0.147. The molecule has 1 atom stereocenters. The number of carbonyl (C=O) groups is 3. The summed E-state index contributed by atoms with van der Waals surface area (Å²) in [6, 6.07) is 6.79. The van der Waals surface area contributed by atoms with Crippen molar-refractivity contribution in [1.82, 2.24) is 10.6 Å².